The summed E-state index contributed by atoms with van der Waals surface area (Å²) < 4.78 is 24.6. The molecule has 0 bridgehead atoms. The molecule has 1 amide bonds. The van der Waals surface area contributed by atoms with E-state index < -0.39 is 13.4 Å². The van der Waals surface area contributed by atoms with Crippen molar-refractivity contribution in [1.29, 1.82) is 0 Å². The van der Waals surface area contributed by atoms with Gasteiger partial charge in [-0.2, -0.15) is 0 Å². The molecule has 2 aliphatic carbocycles. The topological polar surface area (TPSA) is 63.2 Å². The lowest BCUT2D eigenvalue weighted by Gasteiger charge is -2.09. The van der Waals surface area contributed by atoms with Crippen LogP contribution in [0.25, 0.3) is 0 Å². The molecule has 0 aromatic carbocycles. The number of sulfonamides is 1. The number of alkyl halides is 1. The Balaban J connectivity index is 2.01. The van der Waals surface area contributed by atoms with Crippen LogP contribution in [0.1, 0.15) is 26.2 Å². The predicted molar refractivity (Wildman–Crippen MR) is 60.6 cm³/mol. The number of rotatable bonds is 3. The van der Waals surface area contributed by atoms with Gasteiger partial charge >= 0.3 is 0 Å². The van der Waals surface area contributed by atoms with Crippen molar-refractivity contribution in [3.63, 3.8) is 0 Å². The van der Waals surface area contributed by atoms with E-state index in [2.05, 4.69) is 4.72 Å². The Morgan fingerprint density at radius 3 is 2.36 bits per heavy atom. The number of nitrogens with one attached hydrogen (secondary N) is 1. The predicted octanol–water partition coefficient (Wildman–Crippen LogP) is 0.808. The second kappa shape index (κ2) is 3.07. The maximum absolute atomic E-state index is 11.6. The van der Waals surface area contributed by atoms with E-state index in [1.165, 1.54) is 0 Å². The molecule has 4 nitrogen and oxygen atoms in total. The minimum absolute atomic E-state index is 0.289. The molecule has 1 N–H and O–H groups in total. The van der Waals surface area contributed by atoms with Crippen molar-refractivity contribution in [2.24, 2.45) is 5.92 Å². The zero-order chi connectivity index (χ0) is 10.6. The van der Waals surface area contributed by atoms with Crippen molar-refractivity contribution in [3.05, 3.63) is 0 Å². The molecule has 2 fully saturated rings. The Hall–Kier alpha value is 0.150. The fourth-order valence-electron chi connectivity index (χ4n) is 1.38. The number of hydrogen-bond donors (Lipinski definition) is 1. The molecule has 2 aliphatic rings. The van der Waals surface area contributed by atoms with Crippen molar-refractivity contribution >= 4 is 38.5 Å². The molecule has 0 spiro atoms. The highest BCUT2D eigenvalue weighted by Crippen LogP contribution is 2.51. The van der Waals surface area contributed by atoms with E-state index in [4.69, 9.17) is 0 Å². The van der Waals surface area contributed by atoms with Crippen LogP contribution in [-0.4, -0.2) is 23.0 Å². The third-order valence-electron chi connectivity index (χ3n) is 2.80. The molecule has 0 radical (unpaired) electrons. The molecule has 6 heteroatoms. The highest BCUT2D eigenvalue weighted by molar-refractivity contribution is 14.1. The molecule has 0 unspecified atom stereocenters. The summed E-state index contributed by atoms with van der Waals surface area (Å²) in [5.74, 6) is -0.0463. The minimum atomic E-state index is -3.36. The fraction of sp³-hybridized carbons (Fsp3) is 0.875. The van der Waals surface area contributed by atoms with E-state index in [1.807, 2.05) is 29.5 Å². The third-order valence-corrected chi connectivity index (χ3v) is 6.61. The van der Waals surface area contributed by atoms with Gasteiger partial charge in [-0.3, -0.25) is 9.52 Å². The van der Waals surface area contributed by atoms with Gasteiger partial charge in [-0.15, -0.1) is 0 Å². The first-order valence-electron chi connectivity index (χ1n) is 4.61. The maximum Gasteiger partial charge on any atom is 0.249 e. The van der Waals surface area contributed by atoms with Crippen LogP contribution in [-0.2, 0) is 14.8 Å². The Morgan fingerprint density at radius 1 is 1.50 bits per heavy atom. The lowest BCUT2D eigenvalue weighted by molar-refractivity contribution is -0.119. The Labute approximate surface area is 97.0 Å². The average Bonchev–Trinajstić information content (AvgIpc) is 2.87. The van der Waals surface area contributed by atoms with Gasteiger partial charge in [0.25, 0.3) is 0 Å². The summed E-state index contributed by atoms with van der Waals surface area (Å²) in [6.07, 6.45) is 2.15. The molecule has 0 heterocycles. The van der Waals surface area contributed by atoms with Crippen molar-refractivity contribution in [2.45, 2.75) is 34.9 Å². The average molecular weight is 329 g/mol. The summed E-state index contributed by atoms with van der Waals surface area (Å²) in [7, 11) is -3.36. The number of amides is 1. The van der Waals surface area contributed by atoms with Crippen molar-refractivity contribution in [3.8, 4) is 0 Å². The Kier molecular flexibility index (Phi) is 2.34. The van der Waals surface area contributed by atoms with Crippen molar-refractivity contribution < 1.29 is 13.2 Å². The van der Waals surface area contributed by atoms with Gasteiger partial charge in [0.05, 0.1) is 5.25 Å². The molecule has 0 aromatic rings. The monoisotopic (exact) mass is 329 g/mol. The van der Waals surface area contributed by atoms with E-state index >= 15 is 0 Å². The van der Waals surface area contributed by atoms with Crippen molar-refractivity contribution in [2.75, 3.05) is 0 Å². The number of carbonyl (C=O) groups is 1. The van der Waals surface area contributed by atoms with Gasteiger partial charge in [0.1, 0.15) is 3.42 Å². The summed E-state index contributed by atoms with van der Waals surface area (Å²) in [5.41, 5.74) is 0. The third kappa shape index (κ3) is 1.78. The van der Waals surface area contributed by atoms with E-state index in [-0.39, 0.29) is 17.1 Å². The Bertz CT molecular complexity index is 376. The summed E-state index contributed by atoms with van der Waals surface area (Å²) in [4.78, 5) is 11.6. The molecule has 0 aliphatic heterocycles. The van der Waals surface area contributed by atoms with Crippen LogP contribution < -0.4 is 4.72 Å². The summed E-state index contributed by atoms with van der Waals surface area (Å²) in [6, 6.07) is 0. The van der Waals surface area contributed by atoms with Crippen LogP contribution in [0.5, 0.6) is 0 Å². The molecular formula is C8H12INO3S. The van der Waals surface area contributed by atoms with E-state index in [0.717, 1.165) is 6.42 Å². The van der Waals surface area contributed by atoms with Gasteiger partial charge in [-0.25, -0.2) is 8.42 Å². The lowest BCUT2D eigenvalue weighted by atomic mass is 10.3. The highest BCUT2D eigenvalue weighted by Gasteiger charge is 2.56. The summed E-state index contributed by atoms with van der Waals surface area (Å²) in [6.45, 7) is 1.95. The van der Waals surface area contributed by atoms with Gasteiger partial charge in [-0.1, -0.05) is 29.5 Å². The summed E-state index contributed by atoms with van der Waals surface area (Å²) in [5, 5.41) is -0.319. The molecule has 14 heavy (non-hydrogen) atoms. The molecule has 2 atom stereocenters. The number of carbonyl (C=O) groups excluding carboxylic acids is 1. The first-order chi connectivity index (χ1) is 6.36. The Morgan fingerprint density at radius 2 is 2.00 bits per heavy atom. The first-order valence-corrected chi connectivity index (χ1v) is 7.24. The van der Waals surface area contributed by atoms with Gasteiger partial charge in [-0.05, 0) is 25.2 Å². The first kappa shape index (κ1) is 10.7. The maximum atomic E-state index is 11.6. The standard InChI is InChI=1S/C8H12INO3S/c1-5-4-8(5,9)7(11)10-14(12,13)6-2-3-6/h5-6H,2-4H2,1H3,(H,10,11)/t5-,8-/m1/s1. The summed E-state index contributed by atoms with van der Waals surface area (Å²) >= 11 is 2.05. The minimum Gasteiger partial charge on any atom is -0.272 e. The molecule has 0 aromatic heterocycles. The molecule has 80 valence electrons. The molecule has 2 saturated carbocycles. The number of halogens is 1. The largest absolute Gasteiger partial charge is 0.272 e. The van der Waals surface area contributed by atoms with Crippen LogP contribution in [0.4, 0.5) is 0 Å². The van der Waals surface area contributed by atoms with Gasteiger partial charge in [0, 0.05) is 0 Å². The van der Waals surface area contributed by atoms with E-state index in [0.29, 0.717) is 12.8 Å². The van der Waals surface area contributed by atoms with Crippen LogP contribution in [0.3, 0.4) is 0 Å². The number of hydrogen-bond acceptors (Lipinski definition) is 3. The van der Waals surface area contributed by atoms with Crippen LogP contribution >= 0.6 is 22.6 Å². The van der Waals surface area contributed by atoms with Gasteiger partial charge in [0.15, 0.2) is 0 Å². The van der Waals surface area contributed by atoms with Crippen LogP contribution in [0, 0.1) is 5.92 Å². The molecule has 0 saturated heterocycles. The second-order valence-corrected chi connectivity index (χ2v) is 8.03. The zero-order valence-electron chi connectivity index (χ0n) is 7.79. The molecular weight excluding hydrogens is 317 g/mol. The smallest absolute Gasteiger partial charge is 0.249 e. The van der Waals surface area contributed by atoms with Crippen LogP contribution in [0.2, 0.25) is 0 Å². The quantitative estimate of drug-likeness (QED) is 0.616. The SMILES string of the molecule is C[C@@H]1C[C@]1(I)C(=O)NS(=O)(=O)C1CC1. The lowest BCUT2D eigenvalue weighted by Crippen LogP contribution is -2.39. The van der Waals surface area contributed by atoms with Gasteiger partial charge < -0.3 is 0 Å². The van der Waals surface area contributed by atoms with E-state index in [9.17, 15) is 13.2 Å². The van der Waals surface area contributed by atoms with E-state index in [1.54, 1.807) is 0 Å². The zero-order valence-corrected chi connectivity index (χ0v) is 10.8. The normalized spacial score (nSPS) is 36.6. The fourth-order valence-corrected chi connectivity index (χ4v) is 3.72. The molecule has 2 rings (SSSR count). The van der Waals surface area contributed by atoms with Crippen molar-refractivity contribution in [1.82, 2.24) is 4.72 Å². The highest BCUT2D eigenvalue weighted by atomic mass is 127. The van der Waals surface area contributed by atoms with Crippen LogP contribution in [0.15, 0.2) is 0 Å². The second-order valence-electron chi connectivity index (χ2n) is 4.14. The van der Waals surface area contributed by atoms with Gasteiger partial charge in [0.2, 0.25) is 15.9 Å².